The molecule has 0 aliphatic carbocycles. The van der Waals surface area contributed by atoms with Gasteiger partial charge in [0.15, 0.2) is 5.75 Å². The van der Waals surface area contributed by atoms with Crippen LogP contribution < -0.4 is 14.2 Å². The lowest BCUT2D eigenvalue weighted by molar-refractivity contribution is 0.242. The van der Waals surface area contributed by atoms with Gasteiger partial charge in [-0.15, -0.1) is 0 Å². The molecule has 0 unspecified atom stereocenters. The van der Waals surface area contributed by atoms with Crippen LogP contribution >= 0.6 is 0 Å². The summed E-state index contributed by atoms with van der Waals surface area (Å²) in [5.41, 5.74) is 0.365. The molecule has 0 atom stereocenters. The van der Waals surface area contributed by atoms with E-state index in [1.807, 2.05) is 32.0 Å². The maximum atomic E-state index is 12.7. The van der Waals surface area contributed by atoms with Gasteiger partial charge in [-0.05, 0) is 62.4 Å². The summed E-state index contributed by atoms with van der Waals surface area (Å²) in [6, 6.07) is 22.4. The van der Waals surface area contributed by atoms with Gasteiger partial charge in [-0.2, -0.15) is 0 Å². The molecule has 1 N–H and O–H groups in total. The molecule has 0 amide bonds. The van der Waals surface area contributed by atoms with Gasteiger partial charge in [0, 0.05) is 0 Å². The van der Waals surface area contributed by atoms with Crippen LogP contribution in [0.3, 0.4) is 0 Å². The van der Waals surface area contributed by atoms with Gasteiger partial charge in [0.25, 0.3) is 10.0 Å². The van der Waals surface area contributed by atoms with Crippen LogP contribution in [0.4, 0.5) is 5.69 Å². The Morgan fingerprint density at radius 3 is 2.07 bits per heavy atom. The summed E-state index contributed by atoms with van der Waals surface area (Å²) in [6.07, 6.45) is 0.0209. The lowest BCUT2D eigenvalue weighted by Crippen LogP contribution is -2.13. The van der Waals surface area contributed by atoms with Crippen molar-refractivity contribution in [3.8, 4) is 17.2 Å². The van der Waals surface area contributed by atoms with Gasteiger partial charge in [-0.1, -0.05) is 30.3 Å². The van der Waals surface area contributed by atoms with E-state index >= 15 is 0 Å². The highest BCUT2D eigenvalue weighted by Crippen LogP contribution is 2.31. The molecule has 0 spiro atoms. The van der Waals surface area contributed by atoms with Gasteiger partial charge in [0.1, 0.15) is 11.5 Å². The third-order valence-electron chi connectivity index (χ3n) is 3.61. The monoisotopic (exact) mass is 383 g/mol. The molecule has 0 bridgehead atoms. The van der Waals surface area contributed by atoms with E-state index in [-0.39, 0.29) is 11.0 Å². The Kier molecular flexibility index (Phi) is 5.66. The molecule has 0 aliphatic heterocycles. The number of ether oxygens (including phenoxy) is 2. The van der Waals surface area contributed by atoms with Gasteiger partial charge in [-0.25, -0.2) is 8.42 Å². The number of para-hydroxylation sites is 3. The smallest absolute Gasteiger partial charge is 0.262 e. The minimum absolute atomic E-state index is 0.0209. The molecule has 6 heteroatoms. The van der Waals surface area contributed by atoms with Crippen molar-refractivity contribution < 1.29 is 17.9 Å². The van der Waals surface area contributed by atoms with E-state index in [2.05, 4.69) is 4.72 Å². The van der Waals surface area contributed by atoms with E-state index in [0.29, 0.717) is 22.9 Å². The van der Waals surface area contributed by atoms with Crippen molar-refractivity contribution in [3.63, 3.8) is 0 Å². The highest BCUT2D eigenvalue weighted by molar-refractivity contribution is 7.92. The molecular formula is C21H21NO4S. The third-order valence-corrected chi connectivity index (χ3v) is 4.99. The van der Waals surface area contributed by atoms with Crippen LogP contribution in [0, 0.1) is 0 Å². The Balaban J connectivity index is 1.82. The number of benzene rings is 3. The fourth-order valence-corrected chi connectivity index (χ4v) is 3.50. The minimum atomic E-state index is -3.76. The number of hydrogen-bond donors (Lipinski definition) is 1. The SMILES string of the molecule is CC(C)Oc1ccc(S(=O)(=O)Nc2ccccc2Oc2ccccc2)cc1. The van der Waals surface area contributed by atoms with Crippen LogP contribution in [-0.4, -0.2) is 14.5 Å². The Bertz CT molecular complexity index is 984. The maximum absolute atomic E-state index is 12.7. The van der Waals surface area contributed by atoms with Crippen LogP contribution in [0.1, 0.15) is 13.8 Å². The van der Waals surface area contributed by atoms with E-state index < -0.39 is 10.0 Å². The van der Waals surface area contributed by atoms with Crippen LogP contribution in [0.15, 0.2) is 83.8 Å². The molecule has 0 radical (unpaired) electrons. The number of hydrogen-bond acceptors (Lipinski definition) is 4. The van der Waals surface area contributed by atoms with Crippen molar-refractivity contribution >= 4 is 15.7 Å². The quantitative estimate of drug-likeness (QED) is 0.619. The summed E-state index contributed by atoms with van der Waals surface area (Å²) in [7, 11) is -3.76. The van der Waals surface area contributed by atoms with E-state index in [1.165, 1.54) is 12.1 Å². The normalized spacial score (nSPS) is 11.2. The summed E-state index contributed by atoms with van der Waals surface area (Å²) in [4.78, 5) is 0.146. The van der Waals surface area contributed by atoms with Crippen LogP contribution in [-0.2, 0) is 10.0 Å². The topological polar surface area (TPSA) is 64.6 Å². The predicted octanol–water partition coefficient (Wildman–Crippen LogP) is 5.07. The van der Waals surface area contributed by atoms with Gasteiger partial charge >= 0.3 is 0 Å². The molecule has 3 aromatic carbocycles. The van der Waals surface area contributed by atoms with Crippen molar-refractivity contribution in [1.29, 1.82) is 0 Å². The standard InChI is InChI=1S/C21H21NO4S/c1-16(2)25-18-12-14-19(15-13-18)27(23,24)22-20-10-6-7-11-21(20)26-17-8-4-3-5-9-17/h3-16,22H,1-2H3. The van der Waals surface area contributed by atoms with Crippen molar-refractivity contribution in [1.82, 2.24) is 0 Å². The summed E-state index contributed by atoms with van der Waals surface area (Å²) >= 11 is 0. The second-order valence-electron chi connectivity index (χ2n) is 6.15. The molecule has 0 saturated heterocycles. The summed E-state index contributed by atoms with van der Waals surface area (Å²) in [5.74, 6) is 1.67. The molecule has 0 aliphatic rings. The van der Waals surface area contributed by atoms with Crippen LogP contribution in [0.2, 0.25) is 0 Å². The van der Waals surface area contributed by atoms with E-state index in [4.69, 9.17) is 9.47 Å². The molecule has 5 nitrogen and oxygen atoms in total. The highest BCUT2D eigenvalue weighted by Gasteiger charge is 2.17. The lowest BCUT2D eigenvalue weighted by Gasteiger charge is -2.14. The number of sulfonamides is 1. The second-order valence-corrected chi connectivity index (χ2v) is 7.84. The fourth-order valence-electron chi connectivity index (χ4n) is 2.43. The summed E-state index contributed by atoms with van der Waals surface area (Å²) in [6.45, 7) is 3.83. The molecule has 140 valence electrons. The first kappa shape index (κ1) is 18.8. The number of rotatable bonds is 7. The highest BCUT2D eigenvalue weighted by atomic mass is 32.2. The van der Waals surface area contributed by atoms with E-state index in [1.54, 1.807) is 48.5 Å². The summed E-state index contributed by atoms with van der Waals surface area (Å²) < 4.78 is 39.4. The van der Waals surface area contributed by atoms with Gasteiger partial charge < -0.3 is 9.47 Å². The zero-order valence-electron chi connectivity index (χ0n) is 15.1. The van der Waals surface area contributed by atoms with Crippen molar-refractivity contribution in [2.45, 2.75) is 24.8 Å². The lowest BCUT2D eigenvalue weighted by atomic mass is 10.3. The third kappa shape index (κ3) is 5.01. The predicted molar refractivity (Wildman–Crippen MR) is 106 cm³/mol. The van der Waals surface area contributed by atoms with Gasteiger partial charge in [0.05, 0.1) is 16.7 Å². The fraction of sp³-hybridized carbons (Fsp3) is 0.143. The van der Waals surface area contributed by atoms with Crippen molar-refractivity contribution in [3.05, 3.63) is 78.9 Å². The maximum Gasteiger partial charge on any atom is 0.262 e. The Morgan fingerprint density at radius 2 is 1.41 bits per heavy atom. The Morgan fingerprint density at radius 1 is 0.778 bits per heavy atom. The molecule has 3 aromatic rings. The molecule has 27 heavy (non-hydrogen) atoms. The first-order valence-corrected chi connectivity index (χ1v) is 10.0. The van der Waals surface area contributed by atoms with Crippen molar-refractivity contribution in [2.24, 2.45) is 0 Å². The van der Waals surface area contributed by atoms with Gasteiger partial charge in [-0.3, -0.25) is 4.72 Å². The molecular weight excluding hydrogens is 362 g/mol. The van der Waals surface area contributed by atoms with E-state index in [9.17, 15) is 8.42 Å². The van der Waals surface area contributed by atoms with Crippen molar-refractivity contribution in [2.75, 3.05) is 4.72 Å². The first-order chi connectivity index (χ1) is 12.9. The largest absolute Gasteiger partial charge is 0.491 e. The second kappa shape index (κ2) is 8.14. The number of nitrogens with one attached hydrogen (secondary N) is 1. The zero-order valence-corrected chi connectivity index (χ0v) is 15.9. The molecule has 0 fully saturated rings. The van der Waals surface area contributed by atoms with E-state index in [0.717, 1.165) is 0 Å². The van der Waals surface area contributed by atoms with Crippen LogP contribution in [0.25, 0.3) is 0 Å². The molecule has 0 aromatic heterocycles. The average Bonchev–Trinajstić information content (AvgIpc) is 2.64. The van der Waals surface area contributed by atoms with Gasteiger partial charge in [0.2, 0.25) is 0 Å². The molecule has 0 saturated carbocycles. The first-order valence-electron chi connectivity index (χ1n) is 8.55. The molecule has 0 heterocycles. The average molecular weight is 383 g/mol. The zero-order chi connectivity index (χ0) is 19.3. The van der Waals surface area contributed by atoms with Crippen LogP contribution in [0.5, 0.6) is 17.2 Å². The minimum Gasteiger partial charge on any atom is -0.491 e. The summed E-state index contributed by atoms with van der Waals surface area (Å²) in [5, 5.41) is 0. The Labute approximate surface area is 159 Å². The number of anilines is 1. The Hall–Kier alpha value is -2.99. The molecule has 3 rings (SSSR count).